The molecular formula is C13H22N4O. The van der Waals surface area contributed by atoms with Gasteiger partial charge in [0.15, 0.2) is 0 Å². The predicted octanol–water partition coefficient (Wildman–Crippen LogP) is 0.893. The Balaban J connectivity index is 2.58. The predicted molar refractivity (Wildman–Crippen MR) is 74.1 cm³/mol. The second-order valence-corrected chi connectivity index (χ2v) is 4.18. The van der Waals surface area contributed by atoms with Gasteiger partial charge in [0, 0.05) is 20.7 Å². The molecule has 0 heterocycles. The summed E-state index contributed by atoms with van der Waals surface area (Å²) in [6.07, 6.45) is 0. The minimum atomic E-state index is 0.587. The Bertz CT molecular complexity index is 375. The first-order valence-electron chi connectivity index (χ1n) is 5.94. The molecule has 1 aromatic rings. The molecule has 5 nitrogen and oxygen atoms in total. The Kier molecular flexibility index (Phi) is 6.18. The molecule has 0 atom stereocenters. The summed E-state index contributed by atoms with van der Waals surface area (Å²) in [6, 6.07) is 8.41. The number of methoxy groups -OCH3 is 1. The second-order valence-electron chi connectivity index (χ2n) is 4.18. The smallest absolute Gasteiger partial charge is 0.208 e. The largest absolute Gasteiger partial charge is 0.383 e. The lowest BCUT2D eigenvalue weighted by Crippen LogP contribution is -2.42. The van der Waals surface area contributed by atoms with E-state index in [0.29, 0.717) is 19.1 Å². The molecule has 0 spiro atoms. The first-order chi connectivity index (χ1) is 8.67. The number of nitrogens with zero attached hydrogens (tertiary/aromatic N) is 2. The van der Waals surface area contributed by atoms with Crippen LogP contribution in [0.25, 0.3) is 0 Å². The SMILES string of the molecule is COCCN=C(NN)N(C)Cc1ccc(C)cc1. The van der Waals surface area contributed by atoms with Crippen molar-refractivity contribution in [1.29, 1.82) is 0 Å². The molecule has 0 aliphatic carbocycles. The maximum absolute atomic E-state index is 5.47. The topological polar surface area (TPSA) is 62.9 Å². The molecule has 5 heteroatoms. The first-order valence-corrected chi connectivity index (χ1v) is 5.94. The third-order valence-electron chi connectivity index (χ3n) is 2.59. The van der Waals surface area contributed by atoms with E-state index in [1.165, 1.54) is 11.1 Å². The number of aryl methyl sites for hydroxylation is 1. The lowest BCUT2D eigenvalue weighted by molar-refractivity contribution is 0.207. The lowest BCUT2D eigenvalue weighted by Gasteiger charge is -2.20. The van der Waals surface area contributed by atoms with Crippen LogP contribution in [0, 0.1) is 6.92 Å². The number of hydrogen-bond acceptors (Lipinski definition) is 3. The Morgan fingerprint density at radius 3 is 2.61 bits per heavy atom. The molecule has 0 aliphatic rings. The van der Waals surface area contributed by atoms with Crippen LogP contribution in [0.5, 0.6) is 0 Å². The normalized spacial score (nSPS) is 11.4. The van der Waals surface area contributed by atoms with Crippen molar-refractivity contribution in [2.45, 2.75) is 13.5 Å². The van der Waals surface area contributed by atoms with Crippen LogP contribution < -0.4 is 11.3 Å². The van der Waals surface area contributed by atoms with Gasteiger partial charge in [-0.15, -0.1) is 0 Å². The number of benzene rings is 1. The van der Waals surface area contributed by atoms with Gasteiger partial charge in [-0.3, -0.25) is 5.43 Å². The standard InChI is InChI=1S/C13H22N4O/c1-11-4-6-12(7-5-11)10-17(2)13(16-14)15-8-9-18-3/h4-7H,8-10,14H2,1-3H3,(H,15,16). The van der Waals surface area contributed by atoms with Gasteiger partial charge in [-0.2, -0.15) is 0 Å². The quantitative estimate of drug-likeness (QED) is 0.268. The van der Waals surface area contributed by atoms with E-state index in [1.807, 2.05) is 11.9 Å². The average Bonchev–Trinajstić information content (AvgIpc) is 2.37. The van der Waals surface area contributed by atoms with Crippen molar-refractivity contribution in [3.63, 3.8) is 0 Å². The van der Waals surface area contributed by atoms with E-state index in [9.17, 15) is 0 Å². The zero-order valence-corrected chi connectivity index (χ0v) is 11.3. The molecule has 18 heavy (non-hydrogen) atoms. The highest BCUT2D eigenvalue weighted by molar-refractivity contribution is 5.79. The van der Waals surface area contributed by atoms with Gasteiger partial charge in [-0.1, -0.05) is 29.8 Å². The summed E-state index contributed by atoms with van der Waals surface area (Å²) in [6.45, 7) is 4.01. The van der Waals surface area contributed by atoms with Crippen molar-refractivity contribution >= 4 is 5.96 Å². The first kappa shape index (κ1) is 14.5. The summed E-state index contributed by atoms with van der Waals surface area (Å²) in [7, 11) is 3.60. The Morgan fingerprint density at radius 1 is 1.39 bits per heavy atom. The molecule has 0 aliphatic heterocycles. The van der Waals surface area contributed by atoms with Gasteiger partial charge in [-0.05, 0) is 12.5 Å². The van der Waals surface area contributed by atoms with E-state index in [1.54, 1.807) is 7.11 Å². The molecule has 0 unspecified atom stereocenters. The number of nitrogens with one attached hydrogen (secondary N) is 1. The Hall–Kier alpha value is -1.59. The summed E-state index contributed by atoms with van der Waals surface area (Å²) in [4.78, 5) is 6.30. The van der Waals surface area contributed by atoms with E-state index in [4.69, 9.17) is 10.6 Å². The molecule has 1 aromatic carbocycles. The highest BCUT2D eigenvalue weighted by Crippen LogP contribution is 2.05. The number of hydrazine groups is 1. The summed E-state index contributed by atoms with van der Waals surface area (Å²) in [5.74, 6) is 6.13. The fraction of sp³-hybridized carbons (Fsp3) is 0.462. The van der Waals surface area contributed by atoms with Crippen molar-refractivity contribution in [2.24, 2.45) is 10.8 Å². The third kappa shape index (κ3) is 4.73. The van der Waals surface area contributed by atoms with Crippen LogP contribution in [0.1, 0.15) is 11.1 Å². The van der Waals surface area contributed by atoms with E-state index in [2.05, 4.69) is 41.6 Å². The highest BCUT2D eigenvalue weighted by atomic mass is 16.5. The van der Waals surface area contributed by atoms with Gasteiger partial charge in [0.05, 0.1) is 13.2 Å². The average molecular weight is 250 g/mol. The van der Waals surface area contributed by atoms with Crippen molar-refractivity contribution in [1.82, 2.24) is 10.3 Å². The summed E-state index contributed by atoms with van der Waals surface area (Å²) in [5.41, 5.74) is 5.09. The molecule has 1 rings (SSSR count). The van der Waals surface area contributed by atoms with Crippen molar-refractivity contribution in [3.05, 3.63) is 35.4 Å². The zero-order chi connectivity index (χ0) is 13.4. The number of rotatable bonds is 5. The van der Waals surface area contributed by atoms with E-state index < -0.39 is 0 Å². The third-order valence-corrected chi connectivity index (χ3v) is 2.59. The van der Waals surface area contributed by atoms with Crippen LogP contribution in [0.15, 0.2) is 29.3 Å². The van der Waals surface area contributed by atoms with Crippen molar-refractivity contribution < 1.29 is 4.74 Å². The van der Waals surface area contributed by atoms with E-state index >= 15 is 0 Å². The van der Waals surface area contributed by atoms with Crippen LogP contribution in [-0.4, -0.2) is 38.2 Å². The molecule has 3 N–H and O–H groups in total. The zero-order valence-electron chi connectivity index (χ0n) is 11.3. The monoisotopic (exact) mass is 250 g/mol. The van der Waals surface area contributed by atoms with E-state index in [0.717, 1.165) is 6.54 Å². The molecule has 0 saturated carbocycles. The van der Waals surface area contributed by atoms with Crippen LogP contribution >= 0.6 is 0 Å². The molecule has 0 radical (unpaired) electrons. The van der Waals surface area contributed by atoms with E-state index in [-0.39, 0.29) is 0 Å². The van der Waals surface area contributed by atoms with Gasteiger partial charge in [0.2, 0.25) is 5.96 Å². The molecule has 100 valence electrons. The number of guanidine groups is 1. The van der Waals surface area contributed by atoms with Gasteiger partial charge in [0.25, 0.3) is 0 Å². The molecular weight excluding hydrogens is 228 g/mol. The van der Waals surface area contributed by atoms with Gasteiger partial charge in [0.1, 0.15) is 0 Å². The minimum absolute atomic E-state index is 0.587. The van der Waals surface area contributed by atoms with Crippen LogP contribution in [0.2, 0.25) is 0 Å². The fourth-order valence-corrected chi connectivity index (χ4v) is 1.56. The van der Waals surface area contributed by atoms with Crippen LogP contribution in [0.4, 0.5) is 0 Å². The highest BCUT2D eigenvalue weighted by Gasteiger charge is 2.05. The number of aliphatic imine (C=N–C) groups is 1. The maximum atomic E-state index is 5.47. The lowest BCUT2D eigenvalue weighted by atomic mass is 10.1. The summed E-state index contributed by atoms with van der Waals surface area (Å²) < 4.78 is 4.95. The van der Waals surface area contributed by atoms with Crippen LogP contribution in [-0.2, 0) is 11.3 Å². The van der Waals surface area contributed by atoms with Gasteiger partial charge >= 0.3 is 0 Å². The van der Waals surface area contributed by atoms with Crippen LogP contribution in [0.3, 0.4) is 0 Å². The number of ether oxygens (including phenoxy) is 1. The molecule has 0 saturated heterocycles. The molecule has 0 bridgehead atoms. The molecule has 0 aromatic heterocycles. The maximum Gasteiger partial charge on any atom is 0.208 e. The van der Waals surface area contributed by atoms with Crippen molar-refractivity contribution in [3.8, 4) is 0 Å². The summed E-state index contributed by atoms with van der Waals surface area (Å²) >= 11 is 0. The van der Waals surface area contributed by atoms with Crippen molar-refractivity contribution in [2.75, 3.05) is 27.3 Å². The Labute approximate surface area is 109 Å². The number of nitrogens with two attached hydrogens (primary N) is 1. The Morgan fingerprint density at radius 2 is 2.06 bits per heavy atom. The minimum Gasteiger partial charge on any atom is -0.383 e. The fourth-order valence-electron chi connectivity index (χ4n) is 1.56. The second kappa shape index (κ2) is 7.68. The van der Waals surface area contributed by atoms with Gasteiger partial charge in [-0.25, -0.2) is 10.8 Å². The number of hydrogen-bond donors (Lipinski definition) is 2. The molecule has 0 amide bonds. The molecule has 0 fully saturated rings. The summed E-state index contributed by atoms with van der Waals surface area (Å²) in [5, 5.41) is 0. The van der Waals surface area contributed by atoms with Gasteiger partial charge < -0.3 is 9.64 Å².